The van der Waals surface area contributed by atoms with Crippen LogP contribution in [0.1, 0.15) is 25.2 Å². The molecule has 0 saturated carbocycles. The molecule has 4 aromatic rings. The first-order valence-corrected chi connectivity index (χ1v) is 10.8. The van der Waals surface area contributed by atoms with Gasteiger partial charge in [0, 0.05) is 47.7 Å². The average Bonchev–Trinajstić information content (AvgIpc) is 3.18. The van der Waals surface area contributed by atoms with Gasteiger partial charge in [0.25, 0.3) is 5.78 Å². The molecule has 0 aliphatic carbocycles. The zero-order valence-corrected chi connectivity index (χ0v) is 18.6. The van der Waals surface area contributed by atoms with E-state index in [4.69, 9.17) is 0 Å². The molecule has 1 saturated heterocycles. The number of phenols is 1. The molecule has 1 aliphatic heterocycles. The molecule has 9 heteroatoms. The van der Waals surface area contributed by atoms with Crippen LogP contribution in [0.25, 0.3) is 28.4 Å². The van der Waals surface area contributed by atoms with Gasteiger partial charge in [-0.3, -0.25) is 0 Å². The Balaban J connectivity index is 1.42. The van der Waals surface area contributed by atoms with E-state index in [1.54, 1.807) is 10.6 Å². The second-order valence-electron chi connectivity index (χ2n) is 8.57. The van der Waals surface area contributed by atoms with Crippen molar-refractivity contribution >= 4 is 11.6 Å². The van der Waals surface area contributed by atoms with E-state index in [0.29, 0.717) is 40.5 Å². The van der Waals surface area contributed by atoms with E-state index in [2.05, 4.69) is 49.3 Å². The van der Waals surface area contributed by atoms with Gasteiger partial charge in [0.05, 0.1) is 5.69 Å². The average molecular weight is 431 g/mol. The first-order valence-electron chi connectivity index (χ1n) is 10.8. The van der Waals surface area contributed by atoms with Crippen LogP contribution in [0.2, 0.25) is 0 Å². The summed E-state index contributed by atoms with van der Waals surface area (Å²) in [4.78, 5) is 11.2. The van der Waals surface area contributed by atoms with Gasteiger partial charge in [-0.15, -0.1) is 15.3 Å². The molecule has 2 atom stereocenters. The highest BCUT2D eigenvalue weighted by molar-refractivity contribution is 5.72. The number of hydrogen-bond donors (Lipinski definition) is 2. The number of aromatic hydroxyl groups is 1. The van der Waals surface area contributed by atoms with Crippen LogP contribution in [0.4, 0.5) is 5.82 Å². The number of aromatic nitrogens is 6. The second kappa shape index (κ2) is 7.83. The fourth-order valence-corrected chi connectivity index (χ4v) is 4.33. The summed E-state index contributed by atoms with van der Waals surface area (Å²) in [7, 11) is 0. The van der Waals surface area contributed by atoms with Crippen LogP contribution in [-0.2, 0) is 0 Å². The van der Waals surface area contributed by atoms with Crippen LogP contribution in [0, 0.1) is 13.8 Å². The van der Waals surface area contributed by atoms with Crippen LogP contribution in [0.5, 0.6) is 5.75 Å². The lowest BCUT2D eigenvalue weighted by Gasteiger charge is -2.36. The molecule has 5 rings (SSSR count). The Morgan fingerprint density at radius 3 is 2.44 bits per heavy atom. The fraction of sp³-hybridized carbons (Fsp3) is 0.348. The molecule has 9 nitrogen and oxygen atoms in total. The number of nitrogens with zero attached hydrogens (tertiary/aromatic N) is 7. The van der Waals surface area contributed by atoms with E-state index in [1.165, 1.54) is 0 Å². The van der Waals surface area contributed by atoms with Crippen molar-refractivity contribution in [3.8, 4) is 28.4 Å². The van der Waals surface area contributed by atoms with Gasteiger partial charge in [-0.05, 0) is 58.0 Å². The summed E-state index contributed by atoms with van der Waals surface area (Å²) in [6.07, 6.45) is 0. The quantitative estimate of drug-likeness (QED) is 0.511. The van der Waals surface area contributed by atoms with E-state index in [-0.39, 0.29) is 5.75 Å². The van der Waals surface area contributed by atoms with Gasteiger partial charge in [0.15, 0.2) is 11.6 Å². The summed E-state index contributed by atoms with van der Waals surface area (Å²) in [6.45, 7) is 10.00. The van der Waals surface area contributed by atoms with E-state index in [0.717, 1.165) is 30.3 Å². The van der Waals surface area contributed by atoms with Crippen LogP contribution in [-0.4, -0.2) is 60.1 Å². The smallest absolute Gasteiger partial charge is 0.253 e. The second-order valence-corrected chi connectivity index (χ2v) is 8.57. The predicted molar refractivity (Wildman–Crippen MR) is 123 cm³/mol. The molecular formula is C23H26N8O. The normalized spacial score (nSPS) is 18.9. The summed E-state index contributed by atoms with van der Waals surface area (Å²) >= 11 is 0. The van der Waals surface area contributed by atoms with Gasteiger partial charge in [-0.1, -0.05) is 6.07 Å². The van der Waals surface area contributed by atoms with Crippen molar-refractivity contribution in [3.05, 3.63) is 47.8 Å². The molecule has 0 bridgehead atoms. The topological polar surface area (TPSA) is 104 Å². The van der Waals surface area contributed by atoms with Gasteiger partial charge in [-0.2, -0.15) is 4.98 Å². The molecule has 1 aromatic carbocycles. The molecule has 4 heterocycles. The molecule has 2 N–H and O–H groups in total. The maximum atomic E-state index is 10.7. The standard InChI is InChI=1S/C23H26N8O/c1-13-9-16(4)31-23(25-13)26-22(29-31)17-5-6-18(20(32)10-17)19-7-8-21(28-27-19)30-11-14(2)24-15(3)12-30/h5-10,14-15,24,32H,11-12H2,1-4H3/t14-,15+. The summed E-state index contributed by atoms with van der Waals surface area (Å²) in [5.74, 6) is 2.00. The molecule has 3 aromatic heterocycles. The van der Waals surface area contributed by atoms with E-state index in [1.807, 2.05) is 44.2 Å². The third-order valence-corrected chi connectivity index (χ3v) is 5.68. The SMILES string of the molecule is Cc1cc(C)n2nc(-c3ccc(-c4ccc(N5C[C@@H](C)N[C@@H](C)C5)nn4)c(O)c3)nc2n1. The van der Waals surface area contributed by atoms with E-state index >= 15 is 0 Å². The van der Waals surface area contributed by atoms with Gasteiger partial charge in [-0.25, -0.2) is 9.50 Å². The number of benzene rings is 1. The maximum absolute atomic E-state index is 10.7. The maximum Gasteiger partial charge on any atom is 0.253 e. The number of phenolic OH excluding ortho intramolecular Hbond substituents is 1. The number of hydrogen-bond acceptors (Lipinski definition) is 8. The van der Waals surface area contributed by atoms with Crippen molar-refractivity contribution in [1.82, 2.24) is 35.1 Å². The Morgan fingerprint density at radius 1 is 0.969 bits per heavy atom. The molecule has 1 fully saturated rings. The number of aryl methyl sites for hydroxylation is 2. The number of fused-ring (bicyclic) bond motifs is 1. The highest BCUT2D eigenvalue weighted by atomic mass is 16.3. The van der Waals surface area contributed by atoms with Gasteiger partial charge in [0.1, 0.15) is 5.75 Å². The van der Waals surface area contributed by atoms with Gasteiger partial charge < -0.3 is 15.3 Å². The molecular weight excluding hydrogens is 404 g/mol. The van der Waals surface area contributed by atoms with Crippen molar-refractivity contribution in [1.29, 1.82) is 0 Å². The number of anilines is 1. The predicted octanol–water partition coefficient (Wildman–Crippen LogP) is 2.76. The van der Waals surface area contributed by atoms with Gasteiger partial charge >= 0.3 is 0 Å². The summed E-state index contributed by atoms with van der Waals surface area (Å²) in [5, 5.41) is 27.5. The van der Waals surface area contributed by atoms with Crippen molar-refractivity contribution < 1.29 is 5.11 Å². The van der Waals surface area contributed by atoms with Crippen LogP contribution in [0.3, 0.4) is 0 Å². The molecule has 32 heavy (non-hydrogen) atoms. The monoisotopic (exact) mass is 430 g/mol. The minimum Gasteiger partial charge on any atom is -0.507 e. The summed E-state index contributed by atoms with van der Waals surface area (Å²) in [5.41, 5.74) is 3.78. The Morgan fingerprint density at radius 2 is 1.75 bits per heavy atom. The third kappa shape index (κ3) is 3.75. The lowest BCUT2D eigenvalue weighted by atomic mass is 10.1. The first-order chi connectivity index (χ1) is 15.4. The summed E-state index contributed by atoms with van der Waals surface area (Å²) in [6, 6.07) is 12.0. The molecule has 0 amide bonds. The lowest BCUT2D eigenvalue weighted by molar-refractivity contribution is 0.404. The van der Waals surface area contributed by atoms with Crippen LogP contribution < -0.4 is 10.2 Å². The Kier molecular flexibility index (Phi) is 4.97. The van der Waals surface area contributed by atoms with Crippen molar-refractivity contribution in [2.45, 2.75) is 39.8 Å². The molecule has 0 radical (unpaired) electrons. The minimum absolute atomic E-state index is 0.105. The summed E-state index contributed by atoms with van der Waals surface area (Å²) < 4.78 is 1.70. The zero-order valence-electron chi connectivity index (χ0n) is 18.6. The lowest BCUT2D eigenvalue weighted by Crippen LogP contribution is -2.54. The number of piperazine rings is 1. The molecule has 164 valence electrons. The van der Waals surface area contributed by atoms with E-state index < -0.39 is 0 Å². The third-order valence-electron chi connectivity index (χ3n) is 5.68. The number of nitrogens with one attached hydrogen (secondary N) is 1. The van der Waals surface area contributed by atoms with Crippen molar-refractivity contribution in [3.63, 3.8) is 0 Å². The highest BCUT2D eigenvalue weighted by Gasteiger charge is 2.22. The Bertz CT molecular complexity index is 1270. The van der Waals surface area contributed by atoms with Crippen LogP contribution in [0.15, 0.2) is 36.4 Å². The van der Waals surface area contributed by atoms with Gasteiger partial charge in [0.2, 0.25) is 0 Å². The molecule has 0 unspecified atom stereocenters. The fourth-order valence-electron chi connectivity index (χ4n) is 4.33. The minimum atomic E-state index is 0.105. The van der Waals surface area contributed by atoms with E-state index in [9.17, 15) is 5.11 Å². The highest BCUT2D eigenvalue weighted by Crippen LogP contribution is 2.32. The molecule has 0 spiro atoms. The zero-order chi connectivity index (χ0) is 22.4. The number of rotatable bonds is 3. The van der Waals surface area contributed by atoms with Crippen molar-refractivity contribution in [2.75, 3.05) is 18.0 Å². The first kappa shape index (κ1) is 20.3. The molecule has 1 aliphatic rings. The Labute approximate surface area is 186 Å². The Hall–Kier alpha value is -3.59. The van der Waals surface area contributed by atoms with Crippen LogP contribution >= 0.6 is 0 Å². The van der Waals surface area contributed by atoms with Crippen molar-refractivity contribution in [2.24, 2.45) is 0 Å². The largest absolute Gasteiger partial charge is 0.507 e.